The zero-order chi connectivity index (χ0) is 11.7. The van der Waals surface area contributed by atoms with E-state index in [4.69, 9.17) is 14.6 Å². The Balaban J connectivity index is 2.69. The van der Waals surface area contributed by atoms with Gasteiger partial charge in [0.1, 0.15) is 0 Å². The molecule has 7 heteroatoms. The van der Waals surface area contributed by atoms with Gasteiger partial charge in [-0.1, -0.05) is 0 Å². The first kappa shape index (κ1) is 10.2. The number of aromatic carboxylic acids is 1. The molecular formula is C9H9N3O4. The van der Waals surface area contributed by atoms with Gasteiger partial charge in [0.25, 0.3) is 5.88 Å². The molecule has 0 saturated heterocycles. The number of fused-ring (bicyclic) bond motifs is 1. The van der Waals surface area contributed by atoms with Crippen molar-refractivity contribution in [3.05, 3.63) is 18.1 Å². The van der Waals surface area contributed by atoms with Crippen molar-refractivity contribution in [2.24, 2.45) is 0 Å². The van der Waals surface area contributed by atoms with Crippen LogP contribution in [0.5, 0.6) is 11.8 Å². The molecule has 0 aromatic carbocycles. The average molecular weight is 223 g/mol. The number of imidazole rings is 1. The number of ether oxygens (including phenoxy) is 2. The number of carbonyl (C=O) groups is 1. The molecule has 1 N–H and O–H groups in total. The predicted octanol–water partition coefficient (Wildman–Crippen LogP) is 0.445. The summed E-state index contributed by atoms with van der Waals surface area (Å²) in [6.07, 6.45) is 2.89. The molecule has 2 aromatic rings. The van der Waals surface area contributed by atoms with Crippen LogP contribution in [0.1, 0.15) is 10.5 Å². The lowest BCUT2D eigenvalue weighted by Gasteiger charge is -2.03. The van der Waals surface area contributed by atoms with Gasteiger partial charge in [-0.05, 0) is 0 Å². The summed E-state index contributed by atoms with van der Waals surface area (Å²) in [5.74, 6) is -0.574. The van der Waals surface area contributed by atoms with Crippen LogP contribution in [0.25, 0.3) is 5.65 Å². The van der Waals surface area contributed by atoms with Gasteiger partial charge in [-0.25, -0.2) is 9.78 Å². The molecule has 0 bridgehead atoms. The summed E-state index contributed by atoms with van der Waals surface area (Å²) >= 11 is 0. The lowest BCUT2D eigenvalue weighted by Crippen LogP contribution is -1.97. The molecule has 0 fully saturated rings. The quantitative estimate of drug-likeness (QED) is 0.812. The summed E-state index contributed by atoms with van der Waals surface area (Å²) < 4.78 is 11.4. The van der Waals surface area contributed by atoms with Crippen molar-refractivity contribution < 1.29 is 19.4 Å². The van der Waals surface area contributed by atoms with Crippen molar-refractivity contribution in [1.82, 2.24) is 14.4 Å². The van der Waals surface area contributed by atoms with E-state index >= 15 is 0 Å². The van der Waals surface area contributed by atoms with Gasteiger partial charge in [0, 0.05) is 6.20 Å². The fraction of sp³-hybridized carbons (Fsp3) is 0.222. The molecule has 84 valence electrons. The third kappa shape index (κ3) is 1.52. The monoisotopic (exact) mass is 223 g/mol. The minimum atomic E-state index is -1.11. The van der Waals surface area contributed by atoms with Gasteiger partial charge in [-0.2, -0.15) is 4.98 Å². The Morgan fingerprint density at radius 1 is 1.31 bits per heavy atom. The molecule has 0 spiro atoms. The Kier molecular flexibility index (Phi) is 2.35. The zero-order valence-corrected chi connectivity index (χ0v) is 8.67. The van der Waals surface area contributed by atoms with Crippen LogP contribution in [0.4, 0.5) is 0 Å². The highest BCUT2D eigenvalue weighted by molar-refractivity contribution is 5.86. The number of carboxylic acid groups (broad SMARTS) is 1. The lowest BCUT2D eigenvalue weighted by molar-refractivity contribution is 0.0691. The summed E-state index contributed by atoms with van der Waals surface area (Å²) in [6, 6.07) is 0. The zero-order valence-electron chi connectivity index (χ0n) is 8.67. The van der Waals surface area contributed by atoms with Crippen LogP contribution in [0, 0.1) is 0 Å². The normalized spacial score (nSPS) is 10.4. The first-order valence-corrected chi connectivity index (χ1v) is 4.36. The molecule has 0 atom stereocenters. The van der Waals surface area contributed by atoms with Crippen molar-refractivity contribution in [2.45, 2.75) is 0 Å². The van der Waals surface area contributed by atoms with E-state index in [9.17, 15) is 4.79 Å². The van der Waals surface area contributed by atoms with Crippen molar-refractivity contribution in [3.8, 4) is 11.8 Å². The Morgan fingerprint density at radius 2 is 2.06 bits per heavy atom. The summed E-state index contributed by atoms with van der Waals surface area (Å²) in [6.45, 7) is 0. The summed E-state index contributed by atoms with van der Waals surface area (Å²) in [4.78, 5) is 18.6. The van der Waals surface area contributed by atoms with E-state index in [1.807, 2.05) is 0 Å². The van der Waals surface area contributed by atoms with Crippen LogP contribution in [-0.4, -0.2) is 39.7 Å². The van der Waals surface area contributed by atoms with Gasteiger partial charge < -0.3 is 14.6 Å². The molecule has 0 aliphatic heterocycles. The van der Waals surface area contributed by atoms with Crippen LogP contribution < -0.4 is 9.47 Å². The highest BCUT2D eigenvalue weighted by Crippen LogP contribution is 2.20. The number of aromatic nitrogens is 3. The van der Waals surface area contributed by atoms with E-state index in [1.165, 1.54) is 31.0 Å². The second-order valence-electron chi connectivity index (χ2n) is 2.95. The van der Waals surface area contributed by atoms with Crippen LogP contribution in [0.3, 0.4) is 0 Å². The highest BCUT2D eigenvalue weighted by atomic mass is 16.5. The van der Waals surface area contributed by atoms with Crippen LogP contribution in [0.15, 0.2) is 12.4 Å². The molecule has 2 rings (SSSR count). The molecule has 7 nitrogen and oxygen atoms in total. The molecule has 0 aliphatic rings. The molecule has 0 saturated carbocycles. The Morgan fingerprint density at radius 3 is 2.62 bits per heavy atom. The maximum absolute atomic E-state index is 10.8. The first-order valence-electron chi connectivity index (χ1n) is 4.36. The van der Waals surface area contributed by atoms with Crippen LogP contribution in [0.2, 0.25) is 0 Å². The van der Waals surface area contributed by atoms with Crippen molar-refractivity contribution in [1.29, 1.82) is 0 Å². The number of nitrogens with zero attached hydrogens (tertiary/aromatic N) is 3. The molecule has 2 heterocycles. The summed E-state index contributed by atoms with van der Waals surface area (Å²) in [5, 5.41) is 8.81. The average Bonchev–Trinajstić information content (AvgIpc) is 2.71. The third-order valence-corrected chi connectivity index (χ3v) is 2.01. The maximum Gasteiger partial charge on any atom is 0.356 e. The highest BCUT2D eigenvalue weighted by Gasteiger charge is 2.14. The van der Waals surface area contributed by atoms with Crippen molar-refractivity contribution in [2.75, 3.05) is 14.2 Å². The van der Waals surface area contributed by atoms with Gasteiger partial charge in [0.2, 0.25) is 11.5 Å². The van der Waals surface area contributed by atoms with E-state index in [2.05, 4.69) is 9.97 Å². The number of rotatable bonds is 3. The molecule has 2 aromatic heterocycles. The summed E-state index contributed by atoms with van der Waals surface area (Å²) in [7, 11) is 2.89. The minimum absolute atomic E-state index is 0.0756. The van der Waals surface area contributed by atoms with Gasteiger partial charge in [0.05, 0.1) is 20.4 Å². The Bertz CT molecular complexity index is 549. The maximum atomic E-state index is 10.8. The van der Waals surface area contributed by atoms with E-state index in [0.717, 1.165) is 0 Å². The number of carboxylic acids is 1. The van der Waals surface area contributed by atoms with Gasteiger partial charge in [-0.3, -0.25) is 4.40 Å². The Hall–Kier alpha value is -2.31. The minimum Gasteiger partial charge on any atom is -0.480 e. The van der Waals surface area contributed by atoms with E-state index in [0.29, 0.717) is 11.5 Å². The van der Waals surface area contributed by atoms with Crippen LogP contribution in [-0.2, 0) is 0 Å². The molecule has 16 heavy (non-hydrogen) atoms. The second kappa shape index (κ2) is 3.69. The molecule has 0 aliphatic carbocycles. The fourth-order valence-corrected chi connectivity index (χ4v) is 1.29. The molecule has 0 radical (unpaired) electrons. The number of methoxy groups -OCH3 is 2. The molecular weight excluding hydrogens is 214 g/mol. The number of hydrogen-bond acceptors (Lipinski definition) is 5. The Labute approximate surface area is 90.3 Å². The predicted molar refractivity (Wildman–Crippen MR) is 53.1 cm³/mol. The van der Waals surface area contributed by atoms with Gasteiger partial charge in [-0.15, -0.1) is 0 Å². The standard InChI is InChI=1S/C9H9N3O4/c1-15-6-4-12-3-5(9(13)14)10-7(12)8(11-6)16-2/h3-4H,1-2H3,(H,13,14). The smallest absolute Gasteiger partial charge is 0.356 e. The van der Waals surface area contributed by atoms with Crippen molar-refractivity contribution >= 4 is 11.6 Å². The van der Waals surface area contributed by atoms with E-state index in [1.54, 1.807) is 0 Å². The van der Waals surface area contributed by atoms with E-state index < -0.39 is 5.97 Å². The van der Waals surface area contributed by atoms with Gasteiger partial charge in [0.15, 0.2) is 5.69 Å². The topological polar surface area (TPSA) is 86.0 Å². The third-order valence-electron chi connectivity index (χ3n) is 2.01. The van der Waals surface area contributed by atoms with E-state index in [-0.39, 0.29) is 11.6 Å². The fourth-order valence-electron chi connectivity index (χ4n) is 1.29. The molecule has 0 amide bonds. The number of hydrogen-bond donors (Lipinski definition) is 1. The molecule has 0 unspecified atom stereocenters. The lowest BCUT2D eigenvalue weighted by atomic mass is 10.5. The van der Waals surface area contributed by atoms with Gasteiger partial charge >= 0.3 is 5.97 Å². The second-order valence-corrected chi connectivity index (χ2v) is 2.95. The largest absolute Gasteiger partial charge is 0.480 e. The van der Waals surface area contributed by atoms with Crippen molar-refractivity contribution in [3.63, 3.8) is 0 Å². The first-order chi connectivity index (χ1) is 7.65. The SMILES string of the molecule is COc1cn2cc(C(=O)O)nc2c(OC)n1. The summed E-state index contributed by atoms with van der Waals surface area (Å²) in [5.41, 5.74) is 0.258. The van der Waals surface area contributed by atoms with Crippen LogP contribution >= 0.6 is 0 Å².